The van der Waals surface area contributed by atoms with E-state index in [9.17, 15) is 8.42 Å². The molecule has 0 aliphatic heterocycles. The summed E-state index contributed by atoms with van der Waals surface area (Å²) in [7, 11) is -3.34. The van der Waals surface area contributed by atoms with Crippen molar-refractivity contribution in [3.63, 3.8) is 0 Å². The quantitative estimate of drug-likeness (QED) is 0.689. The van der Waals surface area contributed by atoms with Gasteiger partial charge in [0.1, 0.15) is 0 Å². The van der Waals surface area contributed by atoms with E-state index >= 15 is 0 Å². The zero-order valence-corrected chi connectivity index (χ0v) is 14.7. The van der Waals surface area contributed by atoms with Crippen LogP contribution < -0.4 is 10.0 Å². The summed E-state index contributed by atoms with van der Waals surface area (Å²) in [5.41, 5.74) is 2.86. The maximum Gasteiger partial charge on any atom is 0.299 e. The van der Waals surface area contributed by atoms with Gasteiger partial charge in [0.2, 0.25) is 10.0 Å². The summed E-state index contributed by atoms with van der Waals surface area (Å²) < 4.78 is 30.7. The van der Waals surface area contributed by atoms with Crippen molar-refractivity contribution in [3.8, 4) is 17.4 Å². The van der Waals surface area contributed by atoms with Crippen LogP contribution >= 0.6 is 0 Å². The molecule has 0 spiro atoms. The Morgan fingerprint density at radius 3 is 2.58 bits per heavy atom. The van der Waals surface area contributed by atoms with Crippen molar-refractivity contribution < 1.29 is 12.8 Å². The SMILES string of the molecule is CS(=O)(=O)Nc1cccc(Nc2ncc(-c3ccc(CC#N)cc3)o2)c1. The molecule has 1 aromatic heterocycles. The van der Waals surface area contributed by atoms with Crippen LogP contribution in [0.25, 0.3) is 11.3 Å². The summed E-state index contributed by atoms with van der Waals surface area (Å²) in [6.07, 6.45) is 3.05. The third-order valence-corrected chi connectivity index (χ3v) is 4.05. The van der Waals surface area contributed by atoms with Crippen molar-refractivity contribution in [2.75, 3.05) is 16.3 Å². The van der Waals surface area contributed by atoms with E-state index in [1.54, 1.807) is 30.5 Å². The highest BCUT2D eigenvalue weighted by molar-refractivity contribution is 7.92. The number of nitriles is 1. The molecule has 0 radical (unpaired) electrons. The van der Waals surface area contributed by atoms with E-state index in [2.05, 4.69) is 21.1 Å². The van der Waals surface area contributed by atoms with Crippen molar-refractivity contribution in [2.24, 2.45) is 0 Å². The van der Waals surface area contributed by atoms with E-state index in [4.69, 9.17) is 9.68 Å². The lowest BCUT2D eigenvalue weighted by Crippen LogP contribution is -2.09. The predicted octanol–water partition coefficient (Wildman–Crippen LogP) is 3.52. The van der Waals surface area contributed by atoms with Crippen molar-refractivity contribution in [1.82, 2.24) is 4.98 Å². The third-order valence-electron chi connectivity index (χ3n) is 3.44. The number of hydrogen-bond donors (Lipinski definition) is 2. The van der Waals surface area contributed by atoms with Crippen LogP contribution in [-0.4, -0.2) is 19.7 Å². The number of sulfonamides is 1. The normalized spacial score (nSPS) is 10.9. The molecule has 0 saturated carbocycles. The maximum absolute atomic E-state index is 11.3. The van der Waals surface area contributed by atoms with E-state index in [-0.39, 0.29) is 6.01 Å². The molecule has 0 fully saturated rings. The van der Waals surface area contributed by atoms with Gasteiger partial charge in [0.15, 0.2) is 5.76 Å². The molecule has 0 saturated heterocycles. The average molecular weight is 368 g/mol. The molecule has 8 heteroatoms. The lowest BCUT2D eigenvalue weighted by molar-refractivity contribution is 0.592. The van der Waals surface area contributed by atoms with Gasteiger partial charge in [-0.05, 0) is 23.8 Å². The fourth-order valence-electron chi connectivity index (χ4n) is 2.34. The Bertz CT molecular complexity index is 1050. The van der Waals surface area contributed by atoms with Gasteiger partial charge in [-0.2, -0.15) is 5.26 Å². The highest BCUT2D eigenvalue weighted by Gasteiger charge is 2.08. The Morgan fingerprint density at radius 2 is 1.88 bits per heavy atom. The van der Waals surface area contributed by atoms with Crippen LogP contribution in [0.3, 0.4) is 0 Å². The van der Waals surface area contributed by atoms with Crippen LogP contribution in [0.1, 0.15) is 5.56 Å². The van der Waals surface area contributed by atoms with Gasteiger partial charge in [-0.25, -0.2) is 13.4 Å². The first-order chi connectivity index (χ1) is 12.4. The summed E-state index contributed by atoms with van der Waals surface area (Å²) in [5, 5.41) is 11.7. The first-order valence-corrected chi connectivity index (χ1v) is 9.59. The Kier molecular flexibility index (Phi) is 4.91. The van der Waals surface area contributed by atoms with Gasteiger partial charge in [0.05, 0.1) is 30.6 Å². The maximum atomic E-state index is 11.3. The second kappa shape index (κ2) is 7.29. The molecule has 1 heterocycles. The average Bonchev–Trinajstić information content (AvgIpc) is 3.03. The minimum atomic E-state index is -3.34. The fraction of sp³-hybridized carbons (Fsp3) is 0.111. The molecule has 0 bridgehead atoms. The highest BCUT2D eigenvalue weighted by Crippen LogP contribution is 2.26. The molecular formula is C18H16N4O3S. The molecule has 7 nitrogen and oxygen atoms in total. The van der Waals surface area contributed by atoms with E-state index < -0.39 is 10.0 Å². The molecular weight excluding hydrogens is 352 g/mol. The fourth-order valence-corrected chi connectivity index (χ4v) is 2.90. The predicted molar refractivity (Wildman–Crippen MR) is 99.4 cm³/mol. The van der Waals surface area contributed by atoms with E-state index in [1.165, 1.54) is 0 Å². The molecule has 3 rings (SSSR count). The Balaban J connectivity index is 1.74. The second-order valence-corrected chi connectivity index (χ2v) is 7.39. The van der Waals surface area contributed by atoms with Gasteiger partial charge in [-0.1, -0.05) is 30.3 Å². The summed E-state index contributed by atoms with van der Waals surface area (Å²) in [6, 6.07) is 16.6. The van der Waals surface area contributed by atoms with Gasteiger partial charge < -0.3 is 9.73 Å². The van der Waals surface area contributed by atoms with Crippen LogP contribution in [0.5, 0.6) is 0 Å². The minimum Gasteiger partial charge on any atom is -0.423 e. The van der Waals surface area contributed by atoms with Gasteiger partial charge in [-0.3, -0.25) is 4.72 Å². The molecule has 3 aromatic rings. The Morgan fingerprint density at radius 1 is 1.15 bits per heavy atom. The number of nitrogens with one attached hydrogen (secondary N) is 2. The molecule has 2 aromatic carbocycles. The molecule has 0 atom stereocenters. The van der Waals surface area contributed by atoms with Crippen molar-refractivity contribution >= 4 is 27.4 Å². The van der Waals surface area contributed by atoms with Crippen LogP contribution in [0, 0.1) is 11.3 Å². The van der Waals surface area contributed by atoms with Gasteiger partial charge >= 0.3 is 0 Å². The van der Waals surface area contributed by atoms with Crippen molar-refractivity contribution in [3.05, 3.63) is 60.3 Å². The van der Waals surface area contributed by atoms with Gasteiger partial charge in [0.25, 0.3) is 6.01 Å². The molecule has 2 N–H and O–H groups in total. The summed E-state index contributed by atoms with van der Waals surface area (Å²) in [5.74, 6) is 0.585. The smallest absolute Gasteiger partial charge is 0.299 e. The first-order valence-electron chi connectivity index (χ1n) is 7.70. The molecule has 0 amide bonds. The van der Waals surface area contributed by atoms with Crippen LogP contribution in [0.15, 0.2) is 59.1 Å². The molecule has 0 aliphatic carbocycles. The lowest BCUT2D eigenvalue weighted by atomic mass is 10.1. The number of rotatable bonds is 6. The monoisotopic (exact) mass is 368 g/mol. The minimum absolute atomic E-state index is 0.289. The molecule has 26 heavy (non-hydrogen) atoms. The molecule has 0 unspecified atom stereocenters. The molecule has 132 valence electrons. The topological polar surface area (TPSA) is 108 Å². The van der Waals surface area contributed by atoms with Crippen molar-refractivity contribution in [2.45, 2.75) is 6.42 Å². The van der Waals surface area contributed by atoms with Crippen LogP contribution in [0.4, 0.5) is 17.4 Å². The van der Waals surface area contributed by atoms with E-state index in [1.807, 2.05) is 24.3 Å². The number of nitrogens with zero attached hydrogens (tertiary/aromatic N) is 2. The zero-order valence-electron chi connectivity index (χ0n) is 13.9. The van der Waals surface area contributed by atoms with Gasteiger partial charge in [-0.15, -0.1) is 0 Å². The van der Waals surface area contributed by atoms with Crippen LogP contribution in [-0.2, 0) is 16.4 Å². The standard InChI is InChI=1S/C18H16N4O3S/c1-26(23,24)22-16-4-2-3-15(11-16)21-18-20-12-17(25-18)14-7-5-13(6-8-14)9-10-19/h2-8,11-12,22H,9H2,1H3,(H,20,21). The number of hydrogen-bond acceptors (Lipinski definition) is 6. The Hall–Kier alpha value is -3.31. The summed E-state index contributed by atoms with van der Waals surface area (Å²) in [6.45, 7) is 0. The second-order valence-electron chi connectivity index (χ2n) is 5.64. The number of oxazole rings is 1. The third kappa shape index (κ3) is 4.62. The summed E-state index contributed by atoms with van der Waals surface area (Å²) >= 11 is 0. The largest absolute Gasteiger partial charge is 0.423 e. The lowest BCUT2D eigenvalue weighted by Gasteiger charge is -2.06. The number of aromatic nitrogens is 1. The Labute approximate surface area is 151 Å². The number of benzene rings is 2. The first kappa shape index (κ1) is 17.5. The zero-order chi connectivity index (χ0) is 18.6. The van der Waals surface area contributed by atoms with E-state index in [0.717, 1.165) is 17.4 Å². The number of anilines is 3. The molecule has 0 aliphatic rings. The van der Waals surface area contributed by atoms with Gasteiger partial charge in [0, 0.05) is 11.3 Å². The highest BCUT2D eigenvalue weighted by atomic mass is 32.2. The summed E-state index contributed by atoms with van der Waals surface area (Å²) in [4.78, 5) is 4.18. The van der Waals surface area contributed by atoms with Crippen molar-refractivity contribution in [1.29, 1.82) is 5.26 Å². The van der Waals surface area contributed by atoms with E-state index in [0.29, 0.717) is 23.6 Å². The van der Waals surface area contributed by atoms with Crippen LogP contribution in [0.2, 0.25) is 0 Å².